The van der Waals surface area contributed by atoms with E-state index < -0.39 is 32.7 Å². The van der Waals surface area contributed by atoms with Gasteiger partial charge in [0.05, 0.1) is 33.1 Å². The highest BCUT2D eigenvalue weighted by atomic mass is 35.5. The van der Waals surface area contributed by atoms with E-state index in [1.165, 1.54) is 12.1 Å². The van der Waals surface area contributed by atoms with Crippen LogP contribution in [-0.4, -0.2) is 31.2 Å². The summed E-state index contributed by atoms with van der Waals surface area (Å²) in [5.74, 6) is -0.394. The number of carbonyl (C=O) groups is 1. The Labute approximate surface area is 203 Å². The Morgan fingerprint density at radius 2 is 1.79 bits per heavy atom. The fourth-order valence-corrected chi connectivity index (χ4v) is 6.78. The minimum absolute atomic E-state index is 0.0192. The van der Waals surface area contributed by atoms with Crippen LogP contribution in [0.25, 0.3) is 11.3 Å². The van der Waals surface area contributed by atoms with Crippen LogP contribution >= 0.6 is 11.6 Å². The Bertz CT molecular complexity index is 1340. The first-order valence-electron chi connectivity index (χ1n) is 11.8. The van der Waals surface area contributed by atoms with Crippen molar-refractivity contribution in [3.05, 3.63) is 44.7 Å². The molecule has 182 valence electrons. The number of esters is 1. The molecule has 1 unspecified atom stereocenters. The van der Waals surface area contributed by atoms with E-state index in [0.29, 0.717) is 27.6 Å². The second-order valence-corrected chi connectivity index (χ2v) is 12.4. The van der Waals surface area contributed by atoms with Crippen LogP contribution in [0.15, 0.2) is 27.9 Å². The van der Waals surface area contributed by atoms with Crippen molar-refractivity contribution in [2.24, 2.45) is 0 Å². The molecule has 1 aliphatic heterocycles. The highest BCUT2D eigenvalue weighted by Crippen LogP contribution is 2.50. The molecule has 0 N–H and O–H groups in total. The van der Waals surface area contributed by atoms with Crippen LogP contribution in [-0.2, 0) is 14.6 Å². The molecule has 0 spiro atoms. The summed E-state index contributed by atoms with van der Waals surface area (Å²) in [4.78, 5) is 26.3. The van der Waals surface area contributed by atoms with Crippen molar-refractivity contribution in [1.29, 1.82) is 0 Å². The monoisotopic (exact) mass is 505 g/mol. The van der Waals surface area contributed by atoms with Crippen LogP contribution in [0.1, 0.15) is 86.5 Å². The van der Waals surface area contributed by atoms with E-state index in [2.05, 4.69) is 0 Å². The molecule has 3 aliphatic rings. The Kier molecular flexibility index (Phi) is 5.80. The summed E-state index contributed by atoms with van der Waals surface area (Å²) in [6, 6.07) is 4.40. The van der Waals surface area contributed by atoms with Crippen molar-refractivity contribution in [2.45, 2.75) is 87.7 Å². The lowest BCUT2D eigenvalue weighted by molar-refractivity contribution is 0.0375. The van der Waals surface area contributed by atoms with Gasteiger partial charge in [-0.2, -0.15) is 0 Å². The maximum Gasteiger partial charge on any atom is 0.344 e. The second-order valence-electron chi connectivity index (χ2n) is 9.71. The summed E-state index contributed by atoms with van der Waals surface area (Å²) in [5, 5.41) is -0.647. The molecule has 1 aromatic heterocycles. The van der Waals surface area contributed by atoms with Gasteiger partial charge in [0.1, 0.15) is 11.3 Å². The number of carbonyl (C=O) groups excluding carboxylic acids is 1. The first-order chi connectivity index (χ1) is 16.1. The lowest BCUT2D eigenvalue weighted by Crippen LogP contribution is -2.33. The van der Waals surface area contributed by atoms with Crippen molar-refractivity contribution >= 4 is 27.4 Å². The van der Waals surface area contributed by atoms with Gasteiger partial charge >= 0.3 is 5.97 Å². The molecule has 0 saturated heterocycles. The van der Waals surface area contributed by atoms with E-state index in [9.17, 15) is 18.0 Å². The molecule has 2 heterocycles. The Morgan fingerprint density at radius 3 is 2.41 bits per heavy atom. The molecule has 34 heavy (non-hydrogen) atoms. The van der Waals surface area contributed by atoms with Gasteiger partial charge in [-0.1, -0.05) is 11.6 Å². The largest absolute Gasteiger partial charge is 0.489 e. The number of hydrogen-bond acceptors (Lipinski definition) is 6. The molecule has 0 amide bonds. The number of rotatable bonds is 5. The molecule has 0 bridgehead atoms. The molecule has 7 nitrogen and oxygen atoms in total. The number of sulfone groups is 1. The molecule has 2 aromatic rings. The maximum atomic E-state index is 13.6. The molecule has 5 rings (SSSR count). The average Bonchev–Trinajstić information content (AvgIpc) is 3.47. The van der Waals surface area contributed by atoms with Crippen LogP contribution in [0.5, 0.6) is 5.75 Å². The van der Waals surface area contributed by atoms with Crippen molar-refractivity contribution in [2.75, 3.05) is 0 Å². The summed E-state index contributed by atoms with van der Waals surface area (Å²) in [6.07, 6.45) is 5.15. The van der Waals surface area contributed by atoms with Gasteiger partial charge in [0.15, 0.2) is 9.84 Å². The van der Waals surface area contributed by atoms with E-state index in [0.717, 1.165) is 38.5 Å². The SMILES string of the molecule is CC(C)OC(=O)c1cc2c(n(C3CC3)c1=O)-c1cc(Cl)c(OC3CCCC3)cc1S(=O)(=O)C2C. The van der Waals surface area contributed by atoms with E-state index in [1.54, 1.807) is 31.4 Å². The van der Waals surface area contributed by atoms with Gasteiger partial charge in [-0.05, 0) is 77.0 Å². The summed E-state index contributed by atoms with van der Waals surface area (Å²) >= 11 is 6.58. The zero-order chi connectivity index (χ0) is 24.4. The average molecular weight is 506 g/mol. The predicted octanol–water partition coefficient (Wildman–Crippen LogP) is 5.24. The highest BCUT2D eigenvalue weighted by molar-refractivity contribution is 7.92. The topological polar surface area (TPSA) is 91.7 Å². The normalized spacial score (nSPS) is 21.3. The Morgan fingerprint density at radius 1 is 1.12 bits per heavy atom. The number of pyridine rings is 1. The standard InChI is InChI=1S/C25H28ClNO6S/c1-13(2)32-25(29)19-10-17-14(3)34(30,31)22-12-21(33-16-6-4-5-7-16)20(26)11-18(22)23(17)27(24(19)28)15-8-9-15/h10-16H,4-9H2,1-3H3. The van der Waals surface area contributed by atoms with Crippen LogP contribution < -0.4 is 10.3 Å². The van der Waals surface area contributed by atoms with Gasteiger partial charge in [-0.15, -0.1) is 0 Å². The number of aromatic nitrogens is 1. The van der Waals surface area contributed by atoms with Crippen molar-refractivity contribution in [3.63, 3.8) is 0 Å². The summed E-state index contributed by atoms with van der Waals surface area (Å²) < 4.78 is 40.1. The molecule has 2 fully saturated rings. The molecule has 1 atom stereocenters. The van der Waals surface area contributed by atoms with Gasteiger partial charge in [0.25, 0.3) is 5.56 Å². The first kappa shape index (κ1) is 23.4. The third-order valence-corrected chi connectivity index (χ3v) is 9.26. The van der Waals surface area contributed by atoms with Crippen LogP contribution in [0.3, 0.4) is 0 Å². The maximum absolute atomic E-state index is 13.6. The van der Waals surface area contributed by atoms with E-state index in [4.69, 9.17) is 21.1 Å². The predicted molar refractivity (Wildman–Crippen MR) is 128 cm³/mol. The number of halogens is 1. The molecule has 1 aromatic carbocycles. The van der Waals surface area contributed by atoms with Gasteiger partial charge in [0.2, 0.25) is 0 Å². The zero-order valence-electron chi connectivity index (χ0n) is 19.5. The molecule has 2 aliphatic carbocycles. The lowest BCUT2D eigenvalue weighted by atomic mass is 9.99. The Balaban J connectivity index is 1.73. The van der Waals surface area contributed by atoms with Crippen LogP contribution in [0.4, 0.5) is 0 Å². The molecule has 2 saturated carbocycles. The number of benzene rings is 1. The van der Waals surface area contributed by atoms with Crippen molar-refractivity contribution < 1.29 is 22.7 Å². The smallest absolute Gasteiger partial charge is 0.344 e. The minimum Gasteiger partial charge on any atom is -0.489 e. The Hall–Kier alpha value is -2.32. The van der Waals surface area contributed by atoms with Gasteiger partial charge in [-0.3, -0.25) is 4.79 Å². The summed E-state index contributed by atoms with van der Waals surface area (Å²) in [7, 11) is -3.81. The van der Waals surface area contributed by atoms with Gasteiger partial charge in [-0.25, -0.2) is 13.2 Å². The summed E-state index contributed by atoms with van der Waals surface area (Å²) in [5.41, 5.74) is 0.698. The number of nitrogens with zero attached hydrogens (tertiary/aromatic N) is 1. The molecular formula is C25H28ClNO6S. The quantitative estimate of drug-likeness (QED) is 0.516. The number of ether oxygens (including phenoxy) is 2. The second kappa shape index (κ2) is 8.41. The van der Waals surface area contributed by atoms with Crippen molar-refractivity contribution in [3.8, 4) is 17.0 Å². The summed E-state index contributed by atoms with van der Waals surface area (Å²) in [6.45, 7) is 4.99. The molecular weight excluding hydrogens is 478 g/mol. The number of hydrogen-bond donors (Lipinski definition) is 0. The third kappa shape index (κ3) is 3.85. The van der Waals surface area contributed by atoms with Crippen LogP contribution in [0.2, 0.25) is 5.02 Å². The fraction of sp³-hybridized carbons (Fsp3) is 0.520. The lowest BCUT2D eigenvalue weighted by Gasteiger charge is -2.29. The van der Waals surface area contributed by atoms with E-state index >= 15 is 0 Å². The number of fused-ring (bicyclic) bond motifs is 3. The fourth-order valence-electron chi connectivity index (χ4n) is 4.94. The van der Waals surface area contributed by atoms with Gasteiger partial charge in [0, 0.05) is 17.7 Å². The third-order valence-electron chi connectivity index (χ3n) is 6.83. The first-order valence-corrected chi connectivity index (χ1v) is 13.8. The molecule has 9 heteroatoms. The minimum atomic E-state index is -3.81. The van der Waals surface area contributed by atoms with Gasteiger partial charge < -0.3 is 14.0 Å². The van der Waals surface area contributed by atoms with Crippen molar-refractivity contribution in [1.82, 2.24) is 4.57 Å². The molecule has 0 radical (unpaired) electrons. The zero-order valence-corrected chi connectivity index (χ0v) is 21.0. The van der Waals surface area contributed by atoms with E-state index in [-0.39, 0.29) is 22.6 Å². The van der Waals surface area contributed by atoms with Crippen LogP contribution in [0, 0.1) is 0 Å². The van der Waals surface area contributed by atoms with E-state index in [1.807, 2.05) is 0 Å². The highest BCUT2D eigenvalue weighted by Gasteiger charge is 2.41.